The second kappa shape index (κ2) is 13.4. The summed E-state index contributed by atoms with van der Waals surface area (Å²) in [4.78, 5) is 11.1. The Labute approximate surface area is 377 Å². The molecule has 0 bridgehead atoms. The molecule has 0 aliphatic rings. The Kier molecular flexibility index (Phi) is 5.85. The molecule has 0 saturated carbocycles. The van der Waals surface area contributed by atoms with Crippen LogP contribution in [0, 0.1) is 0 Å². The fourth-order valence-corrected chi connectivity index (χ4v) is 9.91. The van der Waals surface area contributed by atoms with Crippen LogP contribution in [0.15, 0.2) is 217 Å². The molecule has 0 unspecified atom stereocenters. The standard InChI is InChI=1S/C58H35N5O/c1-8-27-46-36(17-1)37-18-2-9-28-47(37)61(46)52-33-16-24-43(45-26-15-25-44-42-23-7-14-34-53(42)64-57(44)45)56(52)58-59-54(62-48-29-10-3-19-38(48)39-20-4-11-30-49(39)62)35-55(60-58)63-50-31-12-5-21-40(50)41-22-6-13-32-51(41)63/h1-35H/i3D,4D,10D,11D,19D,20D,29D,30D. The van der Waals surface area contributed by atoms with Crippen LogP contribution in [0.1, 0.15) is 11.0 Å². The first-order valence-corrected chi connectivity index (χ1v) is 21.0. The zero-order chi connectivity index (χ0) is 48.8. The molecular formula is C58H35N5O. The van der Waals surface area contributed by atoms with Gasteiger partial charge in [-0.2, -0.15) is 0 Å². The third-order valence-electron chi connectivity index (χ3n) is 12.6. The van der Waals surface area contributed by atoms with Crippen LogP contribution < -0.4 is 0 Å². The van der Waals surface area contributed by atoms with E-state index in [0.29, 0.717) is 17.0 Å². The van der Waals surface area contributed by atoms with Gasteiger partial charge in [0.2, 0.25) is 0 Å². The highest BCUT2D eigenvalue weighted by Gasteiger charge is 2.26. The summed E-state index contributed by atoms with van der Waals surface area (Å²) in [6.07, 6.45) is 0. The summed E-state index contributed by atoms with van der Waals surface area (Å²) in [7, 11) is 0. The van der Waals surface area contributed by atoms with Gasteiger partial charge in [0.1, 0.15) is 22.8 Å². The zero-order valence-electron chi connectivity index (χ0n) is 41.7. The minimum absolute atomic E-state index is 0.0514. The van der Waals surface area contributed by atoms with Gasteiger partial charge in [0.25, 0.3) is 0 Å². The van der Waals surface area contributed by atoms with Gasteiger partial charge >= 0.3 is 0 Å². The van der Waals surface area contributed by atoms with E-state index in [9.17, 15) is 5.48 Å². The molecule has 9 aromatic carbocycles. The molecule has 5 aromatic heterocycles. The van der Waals surface area contributed by atoms with Crippen molar-refractivity contribution in [2.75, 3.05) is 0 Å². The van der Waals surface area contributed by atoms with E-state index in [1.807, 2.05) is 126 Å². The highest BCUT2D eigenvalue weighted by molar-refractivity contribution is 6.14. The number of para-hydroxylation sites is 8. The van der Waals surface area contributed by atoms with Gasteiger partial charge in [0.15, 0.2) is 5.82 Å². The molecule has 14 aromatic rings. The Bertz CT molecular complexity index is 4520. The van der Waals surface area contributed by atoms with Crippen molar-refractivity contribution in [2.24, 2.45) is 0 Å². The smallest absolute Gasteiger partial charge is 0.166 e. The molecule has 0 aliphatic carbocycles. The maximum absolute atomic E-state index is 9.48. The second-order valence-corrected chi connectivity index (χ2v) is 15.9. The Morgan fingerprint density at radius 1 is 0.375 bits per heavy atom. The lowest BCUT2D eigenvalue weighted by Crippen LogP contribution is -2.08. The van der Waals surface area contributed by atoms with E-state index in [4.69, 9.17) is 19.9 Å². The molecule has 0 radical (unpaired) electrons. The molecule has 5 heterocycles. The Balaban J connectivity index is 1.21. The number of furan rings is 1. The van der Waals surface area contributed by atoms with E-state index >= 15 is 0 Å². The number of aromatic nitrogens is 5. The monoisotopic (exact) mass is 825 g/mol. The van der Waals surface area contributed by atoms with Crippen molar-refractivity contribution in [3.05, 3.63) is 212 Å². The van der Waals surface area contributed by atoms with Crippen molar-refractivity contribution < 1.29 is 15.4 Å². The number of nitrogens with zero attached hydrogens (tertiary/aromatic N) is 5. The molecule has 298 valence electrons. The molecular weight excluding hydrogens is 783 g/mol. The normalized spacial score (nSPS) is 13.8. The minimum Gasteiger partial charge on any atom is -0.455 e. The average Bonchev–Trinajstić information content (AvgIpc) is 4.17. The van der Waals surface area contributed by atoms with Crippen molar-refractivity contribution in [1.82, 2.24) is 23.7 Å². The molecule has 0 amide bonds. The van der Waals surface area contributed by atoms with Crippen LogP contribution in [0.4, 0.5) is 0 Å². The number of benzene rings is 9. The maximum atomic E-state index is 9.48. The summed E-state index contributed by atoms with van der Waals surface area (Å²) in [6.45, 7) is 0. The maximum Gasteiger partial charge on any atom is 0.166 e. The number of fused-ring (bicyclic) bond motifs is 12. The van der Waals surface area contributed by atoms with E-state index in [2.05, 4.69) is 41.0 Å². The van der Waals surface area contributed by atoms with Crippen molar-refractivity contribution >= 4 is 87.4 Å². The second-order valence-electron chi connectivity index (χ2n) is 15.9. The first kappa shape index (κ1) is 28.0. The lowest BCUT2D eigenvalue weighted by molar-refractivity contribution is 0.670. The average molecular weight is 826 g/mol. The third-order valence-corrected chi connectivity index (χ3v) is 12.6. The SMILES string of the molecule is [2H]c1c([2H])c([2H])c2c(c1[2H])c1c([2H])c([2H])c([2H])c([2H])c1n2-c1cc(-n2c3ccccc3c3ccccc32)nc(-c2c(-c3cccc4c3oc3ccccc34)cccc2-n2c3ccccc3c3ccccc32)n1. The highest BCUT2D eigenvalue weighted by Crippen LogP contribution is 2.45. The summed E-state index contributed by atoms with van der Waals surface area (Å²) in [5, 5.41) is 5.80. The summed E-state index contributed by atoms with van der Waals surface area (Å²) >= 11 is 0. The van der Waals surface area contributed by atoms with Gasteiger partial charge < -0.3 is 8.98 Å². The predicted octanol–water partition coefficient (Wildman–Crippen LogP) is 15.0. The third kappa shape index (κ3) is 4.90. The first-order valence-electron chi connectivity index (χ1n) is 25.0. The zero-order valence-corrected chi connectivity index (χ0v) is 33.7. The number of hydrogen-bond donors (Lipinski definition) is 0. The largest absolute Gasteiger partial charge is 0.455 e. The first-order chi connectivity index (χ1) is 35.1. The van der Waals surface area contributed by atoms with E-state index in [1.54, 1.807) is 6.07 Å². The molecule has 0 fully saturated rings. The summed E-state index contributed by atoms with van der Waals surface area (Å²) < 4.78 is 85.4. The van der Waals surface area contributed by atoms with E-state index < -0.39 is 48.3 Å². The van der Waals surface area contributed by atoms with Gasteiger partial charge in [-0.25, -0.2) is 9.97 Å². The Morgan fingerprint density at radius 3 is 1.42 bits per heavy atom. The van der Waals surface area contributed by atoms with Crippen LogP contribution in [-0.4, -0.2) is 23.7 Å². The summed E-state index contributed by atoms with van der Waals surface area (Å²) in [6, 6.07) is 50.5. The van der Waals surface area contributed by atoms with Crippen molar-refractivity contribution in [1.29, 1.82) is 0 Å². The Morgan fingerprint density at radius 2 is 0.828 bits per heavy atom. The van der Waals surface area contributed by atoms with Gasteiger partial charge in [-0.05, 0) is 54.0 Å². The molecule has 14 rings (SSSR count). The van der Waals surface area contributed by atoms with Gasteiger partial charge in [0.05, 0.1) is 55.3 Å². The van der Waals surface area contributed by atoms with Crippen LogP contribution in [0.3, 0.4) is 0 Å². The van der Waals surface area contributed by atoms with Gasteiger partial charge in [-0.15, -0.1) is 0 Å². The molecule has 6 heteroatoms. The van der Waals surface area contributed by atoms with Crippen molar-refractivity contribution in [2.45, 2.75) is 0 Å². The summed E-state index contributed by atoms with van der Waals surface area (Å²) in [5.41, 5.74) is 7.67. The quantitative estimate of drug-likeness (QED) is 0.174. The molecule has 0 N–H and O–H groups in total. The molecule has 0 spiro atoms. The topological polar surface area (TPSA) is 53.7 Å². The van der Waals surface area contributed by atoms with E-state index in [1.165, 1.54) is 4.57 Å². The van der Waals surface area contributed by atoms with Crippen LogP contribution in [0.25, 0.3) is 127 Å². The van der Waals surface area contributed by atoms with Gasteiger partial charge in [-0.3, -0.25) is 9.13 Å². The fourth-order valence-electron chi connectivity index (χ4n) is 9.91. The van der Waals surface area contributed by atoms with E-state index in [0.717, 1.165) is 76.8 Å². The Hall–Kier alpha value is -8.74. The molecule has 6 nitrogen and oxygen atoms in total. The highest BCUT2D eigenvalue weighted by atomic mass is 16.3. The lowest BCUT2D eigenvalue weighted by atomic mass is 9.95. The van der Waals surface area contributed by atoms with Gasteiger partial charge in [0, 0.05) is 54.7 Å². The molecule has 0 atom stereocenters. The minimum atomic E-state index is -0.530. The number of hydrogen-bond acceptors (Lipinski definition) is 3. The molecule has 0 aliphatic heterocycles. The van der Waals surface area contributed by atoms with Crippen LogP contribution in [0.2, 0.25) is 0 Å². The van der Waals surface area contributed by atoms with E-state index in [-0.39, 0.29) is 33.4 Å². The summed E-state index contributed by atoms with van der Waals surface area (Å²) in [5.74, 6) is 0.729. The van der Waals surface area contributed by atoms with Crippen LogP contribution in [0.5, 0.6) is 0 Å². The fraction of sp³-hybridized carbons (Fsp3) is 0. The number of rotatable bonds is 5. The van der Waals surface area contributed by atoms with Crippen LogP contribution >= 0.6 is 0 Å². The molecule has 0 saturated heterocycles. The van der Waals surface area contributed by atoms with Gasteiger partial charge in [-0.1, -0.05) is 158 Å². The van der Waals surface area contributed by atoms with Crippen molar-refractivity contribution in [3.63, 3.8) is 0 Å². The molecule has 64 heavy (non-hydrogen) atoms. The predicted molar refractivity (Wildman–Crippen MR) is 263 cm³/mol. The lowest BCUT2D eigenvalue weighted by Gasteiger charge is -2.19. The van der Waals surface area contributed by atoms with Crippen LogP contribution in [-0.2, 0) is 0 Å². The van der Waals surface area contributed by atoms with Crippen molar-refractivity contribution in [3.8, 4) is 39.8 Å².